The maximum absolute atomic E-state index is 9.99. The number of phenolic OH excluding ortho intramolecular Hbond substituents is 1. The molecule has 2 aliphatic rings. The fourth-order valence-corrected chi connectivity index (χ4v) is 4.72. The molecule has 4 rings (SSSR count). The number of rotatable bonds is 1. The minimum absolute atomic E-state index is 0.116. The highest BCUT2D eigenvalue weighted by molar-refractivity contribution is 5.43. The summed E-state index contributed by atoms with van der Waals surface area (Å²) in [6, 6.07) is 16.8. The van der Waals surface area contributed by atoms with Crippen LogP contribution in [0, 0.1) is 5.41 Å². The van der Waals surface area contributed by atoms with Gasteiger partial charge in [-0.1, -0.05) is 43.3 Å². The summed E-state index contributed by atoms with van der Waals surface area (Å²) in [5, 5.41) is 13.6. The fourth-order valence-electron chi connectivity index (χ4n) is 4.72. The molecule has 0 radical (unpaired) electrons. The minimum atomic E-state index is 0.116. The van der Waals surface area contributed by atoms with Gasteiger partial charge in [0.05, 0.1) is 0 Å². The first-order chi connectivity index (χ1) is 10.6. The average molecular weight is 293 g/mol. The van der Waals surface area contributed by atoms with Crippen LogP contribution in [0.1, 0.15) is 30.0 Å². The third-order valence-corrected chi connectivity index (χ3v) is 5.99. The summed E-state index contributed by atoms with van der Waals surface area (Å²) in [4.78, 5) is 0. The second-order valence-corrected chi connectivity index (χ2v) is 7.24. The van der Waals surface area contributed by atoms with Crippen LogP contribution in [0.2, 0.25) is 0 Å². The second-order valence-electron chi connectivity index (χ2n) is 7.24. The van der Waals surface area contributed by atoms with E-state index in [-0.39, 0.29) is 10.8 Å². The molecule has 0 bridgehead atoms. The number of aromatic hydroxyl groups is 1. The quantitative estimate of drug-likeness (QED) is 0.844. The van der Waals surface area contributed by atoms with Crippen LogP contribution in [0.15, 0.2) is 48.5 Å². The molecule has 0 unspecified atom stereocenters. The number of benzene rings is 2. The zero-order valence-electron chi connectivity index (χ0n) is 13.1. The van der Waals surface area contributed by atoms with Crippen molar-refractivity contribution in [3.05, 3.63) is 65.2 Å². The van der Waals surface area contributed by atoms with Gasteiger partial charge in [-0.2, -0.15) is 0 Å². The van der Waals surface area contributed by atoms with Gasteiger partial charge in [0, 0.05) is 12.0 Å². The zero-order chi connectivity index (χ0) is 15.2. The van der Waals surface area contributed by atoms with Gasteiger partial charge in [0.1, 0.15) is 5.75 Å². The van der Waals surface area contributed by atoms with Crippen molar-refractivity contribution < 1.29 is 5.11 Å². The van der Waals surface area contributed by atoms with E-state index in [2.05, 4.69) is 42.6 Å². The van der Waals surface area contributed by atoms with Crippen LogP contribution in [0.5, 0.6) is 5.75 Å². The summed E-state index contributed by atoms with van der Waals surface area (Å²) in [7, 11) is 0. The predicted octanol–water partition coefficient (Wildman–Crippen LogP) is 3.43. The highest BCUT2D eigenvalue weighted by atomic mass is 16.3. The highest BCUT2D eigenvalue weighted by Gasteiger charge is 2.53. The summed E-state index contributed by atoms with van der Waals surface area (Å²) < 4.78 is 0. The first kappa shape index (κ1) is 13.8. The molecular formula is C20H23NO. The predicted molar refractivity (Wildman–Crippen MR) is 89.2 cm³/mol. The van der Waals surface area contributed by atoms with Crippen LogP contribution in [0.4, 0.5) is 0 Å². The minimum Gasteiger partial charge on any atom is -0.508 e. The van der Waals surface area contributed by atoms with Crippen LogP contribution in [0.3, 0.4) is 0 Å². The van der Waals surface area contributed by atoms with Gasteiger partial charge in [-0.25, -0.2) is 0 Å². The number of hydrogen-bond donors (Lipinski definition) is 2. The summed E-state index contributed by atoms with van der Waals surface area (Å²) >= 11 is 0. The van der Waals surface area contributed by atoms with E-state index in [4.69, 9.17) is 0 Å². The van der Waals surface area contributed by atoms with E-state index in [1.165, 1.54) is 16.7 Å². The second kappa shape index (κ2) is 4.85. The fraction of sp³-hybridized carbons (Fsp3) is 0.400. The van der Waals surface area contributed by atoms with E-state index in [0.29, 0.717) is 5.75 Å². The van der Waals surface area contributed by atoms with Gasteiger partial charge in [0.25, 0.3) is 0 Å². The Bertz CT molecular complexity index is 710. The zero-order valence-corrected chi connectivity index (χ0v) is 13.1. The van der Waals surface area contributed by atoms with E-state index in [1.807, 2.05) is 12.1 Å². The Morgan fingerprint density at radius 3 is 2.55 bits per heavy atom. The number of phenols is 1. The third-order valence-electron chi connectivity index (χ3n) is 5.99. The lowest BCUT2D eigenvalue weighted by atomic mass is 9.50. The molecule has 2 aromatic carbocycles. The molecule has 1 aliphatic heterocycles. The Balaban J connectivity index is 1.90. The number of hydrogen-bond acceptors (Lipinski definition) is 2. The summed E-state index contributed by atoms with van der Waals surface area (Å²) in [5.74, 6) is 0.381. The lowest BCUT2D eigenvalue weighted by Gasteiger charge is -2.56. The summed E-state index contributed by atoms with van der Waals surface area (Å²) in [6.07, 6.45) is 3.30. The lowest BCUT2D eigenvalue weighted by Crippen LogP contribution is -2.59. The smallest absolute Gasteiger partial charge is 0.115 e. The van der Waals surface area contributed by atoms with Crippen LogP contribution >= 0.6 is 0 Å². The van der Waals surface area contributed by atoms with Crippen molar-refractivity contribution in [1.29, 1.82) is 0 Å². The van der Waals surface area contributed by atoms with Crippen LogP contribution < -0.4 is 5.32 Å². The van der Waals surface area contributed by atoms with E-state index >= 15 is 0 Å². The average Bonchev–Trinajstić information content (AvgIpc) is 2.52. The van der Waals surface area contributed by atoms with Crippen molar-refractivity contribution in [2.24, 2.45) is 5.41 Å². The standard InChI is InChI=1S/C20H23NO/c1-19-12-15-5-2-3-6-16(15)13-20(19,9-10-21-14-19)17-7-4-8-18(22)11-17/h2-8,11,21-22H,9-10,12-14H2,1H3/t19-,20-/m1/s1. The normalized spacial score (nSPS) is 30.4. The number of nitrogens with one attached hydrogen (secondary N) is 1. The Kier molecular flexibility index (Phi) is 3.05. The van der Waals surface area contributed by atoms with Crippen LogP contribution in [0.25, 0.3) is 0 Å². The number of fused-ring (bicyclic) bond motifs is 2. The van der Waals surface area contributed by atoms with E-state index in [0.717, 1.165) is 32.4 Å². The maximum Gasteiger partial charge on any atom is 0.115 e. The lowest BCUT2D eigenvalue weighted by molar-refractivity contribution is 0.0769. The molecule has 1 heterocycles. The molecule has 1 aliphatic carbocycles. The van der Waals surface area contributed by atoms with Crippen molar-refractivity contribution in [3.63, 3.8) is 0 Å². The molecular weight excluding hydrogens is 270 g/mol. The summed E-state index contributed by atoms with van der Waals surface area (Å²) in [6.45, 7) is 4.50. The van der Waals surface area contributed by atoms with E-state index in [9.17, 15) is 5.11 Å². The van der Waals surface area contributed by atoms with Crippen molar-refractivity contribution >= 4 is 0 Å². The molecule has 114 valence electrons. The largest absolute Gasteiger partial charge is 0.508 e. The topological polar surface area (TPSA) is 32.3 Å². The first-order valence-electron chi connectivity index (χ1n) is 8.20. The SMILES string of the molecule is C[C@@]12CNCC[C@]1(c1cccc(O)c1)Cc1ccccc1C2. The molecule has 2 heteroatoms. The van der Waals surface area contributed by atoms with Crippen molar-refractivity contribution in [2.75, 3.05) is 13.1 Å². The van der Waals surface area contributed by atoms with Gasteiger partial charge >= 0.3 is 0 Å². The molecule has 1 saturated heterocycles. The van der Waals surface area contributed by atoms with Crippen molar-refractivity contribution in [2.45, 2.75) is 31.6 Å². The molecule has 0 aromatic heterocycles. The first-order valence-corrected chi connectivity index (χ1v) is 8.20. The third kappa shape index (κ3) is 1.90. The molecule has 2 atom stereocenters. The van der Waals surface area contributed by atoms with Gasteiger partial charge in [-0.05, 0) is 60.0 Å². The van der Waals surface area contributed by atoms with Gasteiger partial charge in [0.2, 0.25) is 0 Å². The highest BCUT2D eigenvalue weighted by Crippen LogP contribution is 2.54. The monoisotopic (exact) mass is 293 g/mol. The molecule has 2 nitrogen and oxygen atoms in total. The van der Waals surface area contributed by atoms with E-state index < -0.39 is 0 Å². The Hall–Kier alpha value is -1.80. The molecule has 1 fully saturated rings. The van der Waals surface area contributed by atoms with Crippen LogP contribution in [-0.4, -0.2) is 18.2 Å². The molecule has 0 saturated carbocycles. The van der Waals surface area contributed by atoms with Gasteiger partial charge < -0.3 is 10.4 Å². The molecule has 2 aromatic rings. The summed E-state index contributed by atoms with van der Waals surface area (Å²) in [5.41, 5.74) is 4.57. The Morgan fingerprint density at radius 2 is 1.77 bits per heavy atom. The Labute approximate surface area is 132 Å². The Morgan fingerprint density at radius 1 is 1.00 bits per heavy atom. The van der Waals surface area contributed by atoms with Gasteiger partial charge in [-0.15, -0.1) is 0 Å². The van der Waals surface area contributed by atoms with Crippen molar-refractivity contribution in [3.8, 4) is 5.75 Å². The molecule has 0 amide bonds. The van der Waals surface area contributed by atoms with E-state index in [1.54, 1.807) is 6.07 Å². The molecule has 0 spiro atoms. The van der Waals surface area contributed by atoms with Gasteiger partial charge in [-0.3, -0.25) is 0 Å². The van der Waals surface area contributed by atoms with Crippen molar-refractivity contribution in [1.82, 2.24) is 5.32 Å². The van der Waals surface area contributed by atoms with Crippen LogP contribution in [-0.2, 0) is 18.3 Å². The molecule has 22 heavy (non-hydrogen) atoms. The maximum atomic E-state index is 9.99. The number of piperidine rings is 1. The van der Waals surface area contributed by atoms with Gasteiger partial charge in [0.15, 0.2) is 0 Å². The molecule has 2 N–H and O–H groups in total.